The van der Waals surface area contributed by atoms with Gasteiger partial charge < -0.3 is 20.5 Å². The van der Waals surface area contributed by atoms with Gasteiger partial charge in [0.2, 0.25) is 5.91 Å². The molecule has 4 rings (SSSR count). The second-order valence-corrected chi connectivity index (χ2v) is 9.02. The Hall–Kier alpha value is -3.35. The molecule has 2 amide bonds. The largest absolute Gasteiger partial charge is 0.481 e. The highest BCUT2D eigenvalue weighted by Crippen LogP contribution is 2.46. The molecule has 0 aromatic heterocycles. The van der Waals surface area contributed by atoms with Gasteiger partial charge in [0.1, 0.15) is 6.61 Å². The molecule has 33 heavy (non-hydrogen) atoms. The van der Waals surface area contributed by atoms with E-state index < -0.39 is 23.5 Å². The molecule has 0 bridgehead atoms. The van der Waals surface area contributed by atoms with Crippen LogP contribution >= 0.6 is 0 Å². The summed E-state index contributed by atoms with van der Waals surface area (Å²) in [5.41, 5.74) is 3.95. The van der Waals surface area contributed by atoms with E-state index in [2.05, 4.69) is 34.9 Å². The van der Waals surface area contributed by atoms with Crippen LogP contribution in [0.25, 0.3) is 11.1 Å². The van der Waals surface area contributed by atoms with Crippen LogP contribution in [0.3, 0.4) is 0 Å². The molecule has 0 aliphatic heterocycles. The summed E-state index contributed by atoms with van der Waals surface area (Å²) in [6.07, 6.45) is 2.06. The van der Waals surface area contributed by atoms with E-state index in [0.717, 1.165) is 17.5 Å². The number of carboxylic acid groups (broad SMARTS) is 1. The first-order valence-corrected chi connectivity index (χ1v) is 11.5. The fourth-order valence-corrected chi connectivity index (χ4v) is 4.65. The number of amides is 2. The van der Waals surface area contributed by atoms with Crippen molar-refractivity contribution < 1.29 is 24.2 Å². The van der Waals surface area contributed by atoms with E-state index in [1.54, 1.807) is 0 Å². The molecule has 0 heterocycles. The molecule has 7 nitrogen and oxygen atoms in total. The number of hydrogen-bond acceptors (Lipinski definition) is 4. The molecule has 2 aliphatic carbocycles. The van der Waals surface area contributed by atoms with Crippen LogP contribution in [0.4, 0.5) is 4.79 Å². The van der Waals surface area contributed by atoms with Gasteiger partial charge in [0, 0.05) is 18.5 Å². The highest BCUT2D eigenvalue weighted by Gasteiger charge is 2.50. The zero-order chi connectivity index (χ0) is 23.4. The highest BCUT2D eigenvalue weighted by molar-refractivity contribution is 5.87. The lowest BCUT2D eigenvalue weighted by Gasteiger charge is -2.21. The van der Waals surface area contributed by atoms with Crippen molar-refractivity contribution in [1.82, 2.24) is 10.6 Å². The van der Waals surface area contributed by atoms with Crippen LogP contribution in [0.2, 0.25) is 0 Å². The average Bonchev–Trinajstić information content (AvgIpc) is 3.53. The van der Waals surface area contributed by atoms with Crippen LogP contribution in [0, 0.1) is 5.41 Å². The number of benzene rings is 2. The van der Waals surface area contributed by atoms with E-state index in [1.807, 2.05) is 31.2 Å². The first-order valence-electron chi connectivity index (χ1n) is 11.5. The van der Waals surface area contributed by atoms with Crippen LogP contribution in [-0.4, -0.2) is 42.3 Å². The highest BCUT2D eigenvalue weighted by atomic mass is 16.5. The van der Waals surface area contributed by atoms with E-state index in [-0.39, 0.29) is 31.4 Å². The molecular formula is C26H30N2O5. The Balaban J connectivity index is 1.31. The summed E-state index contributed by atoms with van der Waals surface area (Å²) >= 11 is 0. The van der Waals surface area contributed by atoms with Crippen LogP contribution < -0.4 is 10.6 Å². The number of carboxylic acids is 1. The smallest absolute Gasteiger partial charge is 0.407 e. The second-order valence-electron chi connectivity index (χ2n) is 9.02. The topological polar surface area (TPSA) is 105 Å². The number of nitrogens with one attached hydrogen (secondary N) is 2. The van der Waals surface area contributed by atoms with Crippen molar-refractivity contribution in [2.45, 2.75) is 51.0 Å². The molecule has 3 N–H and O–H groups in total. The molecule has 0 saturated heterocycles. The lowest BCUT2D eigenvalue weighted by molar-refractivity contribution is -0.138. The second kappa shape index (κ2) is 9.65. The first-order chi connectivity index (χ1) is 15.9. The maximum absolute atomic E-state index is 12.8. The Labute approximate surface area is 193 Å². The third kappa shape index (κ3) is 5.02. The summed E-state index contributed by atoms with van der Waals surface area (Å²) < 4.78 is 5.56. The zero-order valence-electron chi connectivity index (χ0n) is 18.8. The summed E-state index contributed by atoms with van der Waals surface area (Å²) in [7, 11) is 0. The van der Waals surface area contributed by atoms with E-state index in [9.17, 15) is 14.4 Å². The van der Waals surface area contributed by atoms with Crippen molar-refractivity contribution in [3.63, 3.8) is 0 Å². The Bertz CT molecular complexity index is 1000. The van der Waals surface area contributed by atoms with Gasteiger partial charge in [0.05, 0.1) is 11.8 Å². The summed E-state index contributed by atoms with van der Waals surface area (Å²) in [6, 6.07) is 15.9. The minimum absolute atomic E-state index is 0.0212. The molecule has 2 aliphatic rings. The number of carbonyl (C=O) groups excluding carboxylic acids is 2. The van der Waals surface area contributed by atoms with E-state index in [4.69, 9.17) is 9.84 Å². The van der Waals surface area contributed by atoms with Gasteiger partial charge in [-0.05, 0) is 41.5 Å². The van der Waals surface area contributed by atoms with Crippen LogP contribution in [-0.2, 0) is 14.3 Å². The minimum Gasteiger partial charge on any atom is -0.481 e. The SMILES string of the molecule is CCC[C@@H](CC(=O)O)NC(=O)C1(CNC(=O)OCC2c3ccccc3-c3ccccc32)CC1. The number of hydrogen-bond donors (Lipinski definition) is 3. The molecule has 0 spiro atoms. The average molecular weight is 451 g/mol. The van der Waals surface area contributed by atoms with Crippen molar-refractivity contribution in [3.05, 3.63) is 59.7 Å². The van der Waals surface area contributed by atoms with Gasteiger partial charge in [0.15, 0.2) is 0 Å². The fraction of sp³-hybridized carbons (Fsp3) is 0.423. The standard InChI is InChI=1S/C26H30N2O5/c1-2-7-17(14-23(29)30)28-24(31)26(12-13-26)16-27-25(32)33-15-22-20-10-5-3-8-18(20)19-9-4-6-11-21(19)22/h3-6,8-11,17,22H,2,7,12-16H2,1H3,(H,27,32)(H,28,31)(H,29,30)/t17-/m0/s1. The van der Waals surface area contributed by atoms with Crippen molar-refractivity contribution >= 4 is 18.0 Å². The van der Waals surface area contributed by atoms with Crippen molar-refractivity contribution in [2.24, 2.45) is 5.41 Å². The molecule has 2 aromatic rings. The third-order valence-corrected chi connectivity index (χ3v) is 6.64. The minimum atomic E-state index is -0.935. The molecule has 7 heteroatoms. The molecule has 2 aromatic carbocycles. The number of carbonyl (C=O) groups is 3. The molecule has 174 valence electrons. The maximum Gasteiger partial charge on any atom is 0.407 e. The molecule has 0 unspecified atom stereocenters. The van der Waals surface area contributed by atoms with Crippen molar-refractivity contribution in [3.8, 4) is 11.1 Å². The normalized spacial score (nSPS) is 16.3. The molecule has 0 radical (unpaired) electrons. The summed E-state index contributed by atoms with van der Waals surface area (Å²) in [5.74, 6) is -1.15. The van der Waals surface area contributed by atoms with Gasteiger partial charge in [0.25, 0.3) is 0 Å². The lowest BCUT2D eigenvalue weighted by Crippen LogP contribution is -2.45. The zero-order valence-corrected chi connectivity index (χ0v) is 18.8. The van der Waals surface area contributed by atoms with Crippen molar-refractivity contribution in [2.75, 3.05) is 13.2 Å². The Morgan fingerprint density at radius 1 is 1.06 bits per heavy atom. The van der Waals surface area contributed by atoms with Crippen molar-refractivity contribution in [1.29, 1.82) is 0 Å². The van der Waals surface area contributed by atoms with Gasteiger partial charge in [-0.2, -0.15) is 0 Å². The molecule has 1 fully saturated rings. The number of fused-ring (bicyclic) bond motifs is 3. The molecule has 1 saturated carbocycles. The van der Waals surface area contributed by atoms with Gasteiger partial charge in [-0.1, -0.05) is 61.9 Å². The Kier molecular flexibility index (Phi) is 6.67. The van der Waals surface area contributed by atoms with E-state index in [0.29, 0.717) is 19.3 Å². The van der Waals surface area contributed by atoms with Crippen LogP contribution in [0.15, 0.2) is 48.5 Å². The van der Waals surface area contributed by atoms with Gasteiger partial charge in [-0.15, -0.1) is 0 Å². The molecular weight excluding hydrogens is 420 g/mol. The van der Waals surface area contributed by atoms with E-state index >= 15 is 0 Å². The Morgan fingerprint density at radius 3 is 2.21 bits per heavy atom. The van der Waals surface area contributed by atoms with Crippen LogP contribution in [0.5, 0.6) is 0 Å². The third-order valence-electron chi connectivity index (χ3n) is 6.64. The number of rotatable bonds is 10. The summed E-state index contributed by atoms with van der Waals surface area (Å²) in [4.78, 5) is 36.3. The van der Waals surface area contributed by atoms with Gasteiger partial charge >= 0.3 is 12.1 Å². The van der Waals surface area contributed by atoms with E-state index in [1.165, 1.54) is 11.1 Å². The van der Waals surface area contributed by atoms with Gasteiger partial charge in [-0.3, -0.25) is 9.59 Å². The maximum atomic E-state index is 12.8. The fourth-order valence-electron chi connectivity index (χ4n) is 4.65. The number of ether oxygens (including phenoxy) is 1. The predicted molar refractivity (Wildman–Crippen MR) is 124 cm³/mol. The number of alkyl carbamates (subject to hydrolysis) is 1. The van der Waals surface area contributed by atoms with Gasteiger partial charge in [-0.25, -0.2) is 4.79 Å². The van der Waals surface area contributed by atoms with Crippen LogP contribution in [0.1, 0.15) is 56.1 Å². The Morgan fingerprint density at radius 2 is 1.67 bits per heavy atom. The lowest BCUT2D eigenvalue weighted by atomic mass is 9.98. The summed E-state index contributed by atoms with van der Waals surface area (Å²) in [5, 5.41) is 14.7. The first kappa shape index (κ1) is 22.8. The quantitative estimate of drug-likeness (QED) is 0.506. The summed E-state index contributed by atoms with van der Waals surface area (Å²) in [6.45, 7) is 2.35. The monoisotopic (exact) mass is 450 g/mol. The number of aliphatic carboxylic acids is 1. The predicted octanol–water partition coefficient (Wildman–Crippen LogP) is 4.06. The molecule has 1 atom stereocenters.